The molecule has 3 nitrogen and oxygen atoms in total. The molecule has 0 amide bonds. The number of carboxylic acids is 1. The molecule has 14 heavy (non-hydrogen) atoms. The zero-order valence-corrected chi connectivity index (χ0v) is 8.24. The van der Waals surface area contributed by atoms with Crippen LogP contribution in [0, 0.1) is 17.8 Å². The number of hydrogen-bond donors (Lipinski definition) is 1. The van der Waals surface area contributed by atoms with Gasteiger partial charge in [0.1, 0.15) is 5.78 Å². The van der Waals surface area contributed by atoms with Gasteiger partial charge in [-0.15, -0.1) is 0 Å². The maximum absolute atomic E-state index is 11.8. The minimum atomic E-state index is -0.714. The summed E-state index contributed by atoms with van der Waals surface area (Å²) in [5, 5.41) is 8.96. The highest BCUT2D eigenvalue weighted by molar-refractivity contribution is 5.86. The molecule has 0 heterocycles. The van der Waals surface area contributed by atoms with Crippen LogP contribution in [-0.2, 0) is 9.59 Å². The first-order chi connectivity index (χ1) is 6.68. The molecule has 2 aliphatic rings. The number of Topliss-reactive ketones (excluding diaryl/α,β-unsaturated/α-hetero) is 1. The highest BCUT2D eigenvalue weighted by Crippen LogP contribution is 2.38. The predicted molar refractivity (Wildman–Crippen MR) is 50.8 cm³/mol. The standard InChI is InChI=1S/C11H16O3/c12-10-7-3-1-2-4-8(10)6-9(5-7)11(13)14/h7-9H,1-6H2,(H,13,14). The van der Waals surface area contributed by atoms with Crippen molar-refractivity contribution in [3.8, 4) is 0 Å². The van der Waals surface area contributed by atoms with Gasteiger partial charge in [0, 0.05) is 11.8 Å². The van der Waals surface area contributed by atoms with Crippen LogP contribution in [0.2, 0.25) is 0 Å². The van der Waals surface area contributed by atoms with Gasteiger partial charge in [0.05, 0.1) is 5.92 Å². The monoisotopic (exact) mass is 196 g/mol. The summed E-state index contributed by atoms with van der Waals surface area (Å²) in [6.45, 7) is 0. The zero-order valence-electron chi connectivity index (χ0n) is 8.24. The zero-order chi connectivity index (χ0) is 10.1. The fourth-order valence-electron chi connectivity index (χ4n) is 2.85. The summed E-state index contributed by atoms with van der Waals surface area (Å²) >= 11 is 0. The van der Waals surface area contributed by atoms with Crippen LogP contribution in [0.1, 0.15) is 38.5 Å². The van der Waals surface area contributed by atoms with E-state index in [1.54, 1.807) is 0 Å². The Bertz CT molecular complexity index is 241. The van der Waals surface area contributed by atoms with Crippen molar-refractivity contribution in [1.82, 2.24) is 0 Å². The molecule has 2 rings (SSSR count). The molecule has 0 aromatic carbocycles. The Morgan fingerprint density at radius 3 is 2.07 bits per heavy atom. The van der Waals surface area contributed by atoms with Gasteiger partial charge in [-0.2, -0.15) is 0 Å². The molecular weight excluding hydrogens is 180 g/mol. The first kappa shape index (κ1) is 9.69. The Kier molecular flexibility index (Phi) is 2.57. The number of carboxylic acid groups (broad SMARTS) is 1. The lowest BCUT2D eigenvalue weighted by atomic mass is 9.73. The van der Waals surface area contributed by atoms with Gasteiger partial charge >= 0.3 is 5.97 Å². The van der Waals surface area contributed by atoms with Gasteiger partial charge in [0.2, 0.25) is 0 Å². The summed E-state index contributed by atoms with van der Waals surface area (Å²) in [6, 6.07) is 0. The van der Waals surface area contributed by atoms with Crippen LogP contribution in [0.15, 0.2) is 0 Å². The molecular formula is C11H16O3. The van der Waals surface area contributed by atoms with E-state index in [0.29, 0.717) is 18.6 Å². The summed E-state index contributed by atoms with van der Waals surface area (Å²) < 4.78 is 0. The fraction of sp³-hybridized carbons (Fsp3) is 0.818. The van der Waals surface area contributed by atoms with Gasteiger partial charge in [0.15, 0.2) is 0 Å². The lowest BCUT2D eigenvalue weighted by molar-refractivity contribution is -0.146. The van der Waals surface area contributed by atoms with E-state index in [2.05, 4.69) is 0 Å². The molecule has 2 atom stereocenters. The van der Waals surface area contributed by atoms with Crippen molar-refractivity contribution in [3.63, 3.8) is 0 Å². The van der Waals surface area contributed by atoms with E-state index >= 15 is 0 Å². The average Bonchev–Trinajstić information content (AvgIpc) is 2.28. The molecule has 0 aromatic heterocycles. The SMILES string of the molecule is O=C(O)C1CC2CCCCC(C1)C2=O. The van der Waals surface area contributed by atoms with Crippen LogP contribution < -0.4 is 0 Å². The van der Waals surface area contributed by atoms with E-state index in [9.17, 15) is 9.59 Å². The largest absolute Gasteiger partial charge is 0.481 e. The van der Waals surface area contributed by atoms with E-state index in [1.165, 1.54) is 0 Å². The van der Waals surface area contributed by atoms with Crippen LogP contribution in [0.3, 0.4) is 0 Å². The highest BCUT2D eigenvalue weighted by atomic mass is 16.4. The number of carbonyl (C=O) groups excluding carboxylic acids is 1. The number of hydrogen-bond acceptors (Lipinski definition) is 2. The Morgan fingerprint density at radius 2 is 1.64 bits per heavy atom. The topological polar surface area (TPSA) is 54.4 Å². The van der Waals surface area contributed by atoms with Crippen molar-refractivity contribution in [2.45, 2.75) is 38.5 Å². The molecule has 0 aliphatic heterocycles. The average molecular weight is 196 g/mol. The molecule has 2 saturated carbocycles. The molecule has 2 aliphatic carbocycles. The van der Waals surface area contributed by atoms with Gasteiger partial charge in [-0.1, -0.05) is 12.8 Å². The molecule has 2 bridgehead atoms. The second-order valence-electron chi connectivity index (χ2n) is 4.59. The third-order valence-electron chi connectivity index (χ3n) is 3.65. The maximum Gasteiger partial charge on any atom is 0.306 e. The van der Waals surface area contributed by atoms with Gasteiger partial charge in [-0.25, -0.2) is 0 Å². The highest BCUT2D eigenvalue weighted by Gasteiger charge is 2.39. The van der Waals surface area contributed by atoms with E-state index in [0.717, 1.165) is 25.7 Å². The Labute approximate surface area is 83.5 Å². The molecule has 3 heteroatoms. The van der Waals surface area contributed by atoms with Crippen molar-refractivity contribution in [2.75, 3.05) is 0 Å². The van der Waals surface area contributed by atoms with Crippen molar-refractivity contribution >= 4 is 11.8 Å². The molecule has 0 radical (unpaired) electrons. The minimum Gasteiger partial charge on any atom is -0.481 e. The third kappa shape index (κ3) is 1.68. The number of aliphatic carboxylic acids is 1. The minimum absolute atomic E-state index is 0.0531. The van der Waals surface area contributed by atoms with Gasteiger partial charge in [-0.3, -0.25) is 9.59 Å². The van der Waals surface area contributed by atoms with Crippen molar-refractivity contribution < 1.29 is 14.7 Å². The Balaban J connectivity index is 2.14. The number of rotatable bonds is 1. The van der Waals surface area contributed by atoms with Crippen LogP contribution in [-0.4, -0.2) is 16.9 Å². The summed E-state index contributed by atoms with van der Waals surface area (Å²) in [4.78, 5) is 22.7. The van der Waals surface area contributed by atoms with E-state index in [-0.39, 0.29) is 17.8 Å². The Hall–Kier alpha value is -0.860. The molecule has 0 saturated heterocycles. The first-order valence-electron chi connectivity index (χ1n) is 5.45. The molecule has 0 aromatic rings. The summed E-state index contributed by atoms with van der Waals surface area (Å²) in [6.07, 6.45) is 5.20. The summed E-state index contributed by atoms with van der Waals surface area (Å²) in [7, 11) is 0. The van der Waals surface area contributed by atoms with Crippen LogP contribution >= 0.6 is 0 Å². The van der Waals surface area contributed by atoms with Crippen molar-refractivity contribution in [1.29, 1.82) is 0 Å². The second-order valence-corrected chi connectivity index (χ2v) is 4.59. The summed E-state index contributed by atoms with van der Waals surface area (Å²) in [5.41, 5.74) is 0. The maximum atomic E-state index is 11.8. The smallest absolute Gasteiger partial charge is 0.306 e. The number of fused-ring (bicyclic) bond motifs is 2. The van der Waals surface area contributed by atoms with Gasteiger partial charge in [0.25, 0.3) is 0 Å². The number of carbonyl (C=O) groups is 2. The van der Waals surface area contributed by atoms with Gasteiger partial charge in [-0.05, 0) is 25.7 Å². The lowest BCUT2D eigenvalue weighted by Crippen LogP contribution is -2.34. The van der Waals surface area contributed by atoms with Gasteiger partial charge < -0.3 is 5.11 Å². The molecule has 0 spiro atoms. The third-order valence-corrected chi connectivity index (χ3v) is 3.65. The van der Waals surface area contributed by atoms with E-state index < -0.39 is 5.97 Å². The van der Waals surface area contributed by atoms with E-state index in [4.69, 9.17) is 5.11 Å². The van der Waals surface area contributed by atoms with Crippen LogP contribution in [0.4, 0.5) is 0 Å². The normalized spacial score (nSPS) is 37.7. The van der Waals surface area contributed by atoms with Crippen LogP contribution in [0.5, 0.6) is 0 Å². The Morgan fingerprint density at radius 1 is 1.14 bits per heavy atom. The summed E-state index contributed by atoms with van der Waals surface area (Å²) in [5.74, 6) is -0.523. The first-order valence-corrected chi connectivity index (χ1v) is 5.45. The van der Waals surface area contributed by atoms with Crippen LogP contribution in [0.25, 0.3) is 0 Å². The van der Waals surface area contributed by atoms with E-state index in [1.807, 2.05) is 0 Å². The quantitative estimate of drug-likeness (QED) is 0.696. The number of ketones is 1. The lowest BCUT2D eigenvalue weighted by Gasteiger charge is -2.29. The van der Waals surface area contributed by atoms with Crippen molar-refractivity contribution in [2.24, 2.45) is 17.8 Å². The molecule has 2 unspecified atom stereocenters. The molecule has 1 N–H and O–H groups in total. The second kappa shape index (κ2) is 3.71. The van der Waals surface area contributed by atoms with Crippen molar-refractivity contribution in [3.05, 3.63) is 0 Å². The predicted octanol–water partition coefficient (Wildman–Crippen LogP) is 1.86. The molecule has 2 fully saturated rings. The fourth-order valence-corrected chi connectivity index (χ4v) is 2.85. The molecule has 78 valence electrons.